The molecule has 5 fully saturated rings. The summed E-state index contributed by atoms with van der Waals surface area (Å²) in [6.07, 6.45) is 17.1. The minimum Gasteiger partial charge on any atom is -0.476 e. The first kappa shape index (κ1) is 22.9. The number of para-hydroxylation sites is 2. The highest BCUT2D eigenvalue weighted by Gasteiger charge is 2.47. The molecule has 0 radical (unpaired) electrons. The summed E-state index contributed by atoms with van der Waals surface area (Å²) in [6, 6.07) is 9.29. The molecular formula is C30H39N3O3. The van der Waals surface area contributed by atoms with Gasteiger partial charge >= 0.3 is 5.97 Å². The number of hydrogen-bond acceptors (Lipinski definition) is 4. The van der Waals surface area contributed by atoms with Gasteiger partial charge in [0.25, 0.3) is 5.56 Å². The molecule has 1 aromatic carbocycles. The van der Waals surface area contributed by atoms with Gasteiger partial charge in [0.2, 0.25) is 5.69 Å². The Kier molecular flexibility index (Phi) is 5.72. The van der Waals surface area contributed by atoms with Gasteiger partial charge in [0, 0.05) is 24.2 Å². The van der Waals surface area contributed by atoms with E-state index in [9.17, 15) is 14.7 Å². The van der Waals surface area contributed by atoms with E-state index in [2.05, 4.69) is 9.88 Å². The highest BCUT2D eigenvalue weighted by molar-refractivity contribution is 5.88. The number of aromatic nitrogens is 2. The molecule has 7 rings (SSSR count). The van der Waals surface area contributed by atoms with Crippen molar-refractivity contribution in [2.45, 2.75) is 108 Å². The van der Waals surface area contributed by atoms with Gasteiger partial charge in [-0.25, -0.2) is 9.78 Å². The van der Waals surface area contributed by atoms with Crippen molar-refractivity contribution >= 4 is 17.0 Å². The van der Waals surface area contributed by atoms with E-state index in [0.717, 1.165) is 42.0 Å². The molecule has 6 nitrogen and oxygen atoms in total. The largest absolute Gasteiger partial charge is 0.476 e. The maximum absolute atomic E-state index is 13.4. The Labute approximate surface area is 213 Å². The molecule has 4 bridgehead atoms. The number of nitrogens with zero attached hydrogens (tertiary/aromatic N) is 3. The summed E-state index contributed by atoms with van der Waals surface area (Å²) in [7, 11) is 0. The predicted molar refractivity (Wildman–Crippen MR) is 139 cm³/mol. The van der Waals surface area contributed by atoms with Crippen molar-refractivity contribution in [2.24, 2.45) is 23.7 Å². The summed E-state index contributed by atoms with van der Waals surface area (Å²) in [6.45, 7) is 0. The molecule has 1 aromatic heterocycles. The zero-order chi connectivity index (χ0) is 24.4. The summed E-state index contributed by atoms with van der Waals surface area (Å²) >= 11 is 0. The van der Waals surface area contributed by atoms with Gasteiger partial charge in [-0.2, -0.15) is 0 Å². The SMILES string of the molecule is O=C(O)c1nc2ccccc2n(C2C[C@H]3CCC[C@@H](C2)N3C2C[C@H]3CC(C4CCC4)C[C@@H](C2)C3)c1=O. The molecule has 36 heavy (non-hydrogen) atoms. The van der Waals surface area contributed by atoms with Gasteiger partial charge in [-0.05, 0) is 93.6 Å². The number of benzene rings is 1. The summed E-state index contributed by atoms with van der Waals surface area (Å²) < 4.78 is 1.80. The molecule has 0 spiro atoms. The van der Waals surface area contributed by atoms with E-state index < -0.39 is 11.5 Å². The van der Waals surface area contributed by atoms with E-state index in [1.54, 1.807) is 4.57 Å². The minimum absolute atomic E-state index is 0.0427. The fourth-order valence-electron chi connectivity index (χ4n) is 9.26. The molecule has 5 aliphatic rings. The van der Waals surface area contributed by atoms with Crippen LogP contribution in [-0.4, -0.2) is 43.7 Å². The monoisotopic (exact) mass is 489 g/mol. The number of fused-ring (bicyclic) bond motifs is 5. The topological polar surface area (TPSA) is 75.4 Å². The van der Waals surface area contributed by atoms with Gasteiger partial charge in [-0.1, -0.05) is 37.8 Å². The van der Waals surface area contributed by atoms with Crippen LogP contribution in [-0.2, 0) is 0 Å². The molecule has 3 saturated carbocycles. The molecule has 3 heterocycles. The van der Waals surface area contributed by atoms with Crippen LogP contribution in [0.1, 0.15) is 100 Å². The van der Waals surface area contributed by atoms with Crippen molar-refractivity contribution in [1.29, 1.82) is 0 Å². The van der Waals surface area contributed by atoms with Crippen LogP contribution in [0, 0.1) is 23.7 Å². The molecule has 7 atom stereocenters. The molecule has 2 aliphatic heterocycles. The number of carboxylic acid groups (broad SMARTS) is 1. The second kappa shape index (κ2) is 8.97. The maximum atomic E-state index is 13.4. The third kappa shape index (κ3) is 3.82. The minimum atomic E-state index is -1.23. The average molecular weight is 490 g/mol. The molecule has 1 N–H and O–H groups in total. The second-order valence-electron chi connectivity index (χ2n) is 12.8. The third-order valence-corrected chi connectivity index (χ3v) is 10.8. The number of carbonyl (C=O) groups is 1. The van der Waals surface area contributed by atoms with Gasteiger partial charge in [0.05, 0.1) is 11.0 Å². The molecule has 3 unspecified atom stereocenters. The van der Waals surface area contributed by atoms with Crippen molar-refractivity contribution in [2.75, 3.05) is 0 Å². The van der Waals surface area contributed by atoms with E-state index in [-0.39, 0.29) is 11.7 Å². The maximum Gasteiger partial charge on any atom is 0.360 e. The van der Waals surface area contributed by atoms with E-state index in [4.69, 9.17) is 0 Å². The predicted octanol–water partition coefficient (Wildman–Crippen LogP) is 5.65. The zero-order valence-corrected chi connectivity index (χ0v) is 21.2. The van der Waals surface area contributed by atoms with Gasteiger partial charge < -0.3 is 9.67 Å². The number of carboxylic acids is 1. The van der Waals surface area contributed by atoms with Crippen LogP contribution in [0.2, 0.25) is 0 Å². The lowest BCUT2D eigenvalue weighted by atomic mass is 9.60. The van der Waals surface area contributed by atoms with Gasteiger partial charge in [0.1, 0.15) is 0 Å². The van der Waals surface area contributed by atoms with Crippen LogP contribution in [0.25, 0.3) is 11.0 Å². The van der Waals surface area contributed by atoms with E-state index >= 15 is 0 Å². The smallest absolute Gasteiger partial charge is 0.360 e. The Bertz CT molecular complexity index is 1190. The fourth-order valence-corrected chi connectivity index (χ4v) is 9.26. The Hall–Kier alpha value is -2.21. The van der Waals surface area contributed by atoms with Gasteiger partial charge in [-0.15, -0.1) is 0 Å². The Morgan fingerprint density at radius 2 is 1.44 bits per heavy atom. The molecule has 3 aliphatic carbocycles. The Balaban J connectivity index is 1.15. The number of piperidine rings is 2. The van der Waals surface area contributed by atoms with Crippen LogP contribution in [0.4, 0.5) is 0 Å². The van der Waals surface area contributed by atoms with Crippen molar-refractivity contribution in [3.05, 3.63) is 40.3 Å². The highest BCUT2D eigenvalue weighted by Crippen LogP contribution is 2.52. The first-order valence-corrected chi connectivity index (χ1v) is 14.6. The van der Waals surface area contributed by atoms with Crippen molar-refractivity contribution in [3.8, 4) is 0 Å². The van der Waals surface area contributed by atoms with Crippen LogP contribution >= 0.6 is 0 Å². The summed E-state index contributed by atoms with van der Waals surface area (Å²) in [5.41, 5.74) is 0.593. The lowest BCUT2D eigenvalue weighted by molar-refractivity contribution is -0.0585. The quantitative estimate of drug-likeness (QED) is 0.601. The van der Waals surface area contributed by atoms with E-state index in [1.807, 2.05) is 24.3 Å². The molecule has 0 amide bonds. The van der Waals surface area contributed by atoms with Gasteiger partial charge in [0.15, 0.2) is 0 Å². The zero-order valence-electron chi connectivity index (χ0n) is 21.2. The number of rotatable bonds is 4. The highest BCUT2D eigenvalue weighted by atomic mass is 16.4. The van der Waals surface area contributed by atoms with E-state index in [1.165, 1.54) is 70.6 Å². The standard InChI is InChI=1S/C30H39N3O3/c34-29-28(30(35)36)31-26-9-1-2-10-27(26)33(29)25-16-22-7-4-8-23(17-25)32(22)24-14-18-11-19(15-24)13-21(12-18)20-5-3-6-20/h1-2,9-10,18-25H,3-8,11-17H2,(H,35,36)/t18-,19+,21?,22-,23+,24?,25?. The lowest BCUT2D eigenvalue weighted by Gasteiger charge is -2.56. The molecule has 192 valence electrons. The fraction of sp³-hybridized carbons (Fsp3) is 0.700. The van der Waals surface area contributed by atoms with Crippen LogP contribution in [0.5, 0.6) is 0 Å². The summed E-state index contributed by atoms with van der Waals surface area (Å²) in [5.74, 6) is 2.63. The van der Waals surface area contributed by atoms with Crippen molar-refractivity contribution < 1.29 is 9.90 Å². The molecular weight excluding hydrogens is 450 g/mol. The van der Waals surface area contributed by atoms with Crippen LogP contribution in [0.3, 0.4) is 0 Å². The normalized spacial score (nSPS) is 36.9. The van der Waals surface area contributed by atoms with Crippen molar-refractivity contribution in [3.63, 3.8) is 0 Å². The third-order valence-electron chi connectivity index (χ3n) is 10.8. The first-order chi connectivity index (χ1) is 17.5. The second-order valence-corrected chi connectivity index (χ2v) is 12.8. The number of hydrogen-bond donors (Lipinski definition) is 1. The Morgan fingerprint density at radius 1 is 0.778 bits per heavy atom. The molecule has 2 aromatic rings. The first-order valence-electron chi connectivity index (χ1n) is 14.6. The summed E-state index contributed by atoms with van der Waals surface area (Å²) in [4.78, 5) is 32.4. The lowest BCUT2D eigenvalue weighted by Crippen LogP contribution is -2.59. The Morgan fingerprint density at radius 3 is 2.08 bits per heavy atom. The summed E-state index contributed by atoms with van der Waals surface area (Å²) in [5, 5.41) is 9.69. The van der Waals surface area contributed by atoms with Gasteiger partial charge in [-0.3, -0.25) is 9.69 Å². The number of aromatic carboxylic acids is 1. The average Bonchev–Trinajstić information content (AvgIpc) is 2.81. The van der Waals surface area contributed by atoms with Crippen molar-refractivity contribution in [1.82, 2.24) is 14.5 Å². The molecule has 2 saturated heterocycles. The van der Waals surface area contributed by atoms with E-state index in [0.29, 0.717) is 23.6 Å². The molecule has 6 heteroatoms. The van der Waals surface area contributed by atoms with Crippen LogP contribution in [0.15, 0.2) is 29.1 Å². The van der Waals surface area contributed by atoms with Crippen LogP contribution < -0.4 is 5.56 Å².